The Hall–Kier alpha value is -3.28. The third kappa shape index (κ3) is 5.66. The molecule has 0 radical (unpaired) electrons. The second kappa shape index (κ2) is 10.2. The van der Waals surface area contributed by atoms with Crippen LogP contribution in [-0.2, 0) is 13.0 Å². The van der Waals surface area contributed by atoms with Gasteiger partial charge in [-0.3, -0.25) is 5.32 Å². The fourth-order valence-corrected chi connectivity index (χ4v) is 3.56. The lowest BCUT2D eigenvalue weighted by Gasteiger charge is -2.13. The van der Waals surface area contributed by atoms with Crippen LogP contribution in [-0.4, -0.2) is 28.4 Å². The molecule has 2 N–H and O–H groups in total. The number of fused-ring (bicyclic) bond motifs is 1. The van der Waals surface area contributed by atoms with Crippen molar-refractivity contribution in [1.82, 2.24) is 15.3 Å². The maximum absolute atomic E-state index is 10.3. The molecule has 4 rings (SSSR count). The first kappa shape index (κ1) is 21.0. The molecule has 1 unspecified atom stereocenters. The maximum atomic E-state index is 10.3. The Morgan fingerprint density at radius 3 is 2.68 bits per heavy atom. The Bertz CT molecular complexity index is 1130. The molecule has 2 aromatic carbocycles. The van der Waals surface area contributed by atoms with E-state index in [2.05, 4.69) is 51.7 Å². The number of rotatable bonds is 9. The SMILES string of the molecule is COc1cccc(-c2ccc(CNC(O)CCCc3ccc4cccnc4n3)cc2)c1. The molecule has 31 heavy (non-hydrogen) atoms. The number of aromatic nitrogens is 2. The highest BCUT2D eigenvalue weighted by molar-refractivity contribution is 5.74. The fraction of sp³-hybridized carbons (Fsp3) is 0.231. The van der Waals surface area contributed by atoms with Gasteiger partial charge in [-0.05, 0) is 72.4 Å². The standard InChI is InChI=1S/C26H27N3O2/c1-31-24-8-2-5-22(17-24)20-12-10-19(11-13-20)18-28-25(30)9-3-7-23-15-14-21-6-4-16-27-26(21)29-23/h2,4-6,8,10-17,25,28,30H,3,7,9,18H2,1H3. The van der Waals surface area contributed by atoms with Crippen molar-refractivity contribution in [3.8, 4) is 16.9 Å². The molecule has 0 fully saturated rings. The van der Waals surface area contributed by atoms with Gasteiger partial charge in [0, 0.05) is 23.8 Å². The van der Waals surface area contributed by atoms with Gasteiger partial charge in [-0.25, -0.2) is 9.97 Å². The molecule has 0 amide bonds. The number of benzene rings is 2. The molecule has 5 nitrogen and oxygen atoms in total. The van der Waals surface area contributed by atoms with Crippen molar-refractivity contribution in [2.45, 2.75) is 32.0 Å². The van der Waals surface area contributed by atoms with Crippen LogP contribution in [0.4, 0.5) is 0 Å². The van der Waals surface area contributed by atoms with Crippen LogP contribution in [0.15, 0.2) is 79.0 Å². The van der Waals surface area contributed by atoms with E-state index in [1.165, 1.54) is 0 Å². The van der Waals surface area contributed by atoms with Gasteiger partial charge in [0.2, 0.25) is 0 Å². The Kier molecular flexibility index (Phi) is 6.87. The number of aliphatic hydroxyl groups is 1. The van der Waals surface area contributed by atoms with Crippen LogP contribution >= 0.6 is 0 Å². The van der Waals surface area contributed by atoms with Gasteiger partial charge >= 0.3 is 0 Å². The average Bonchev–Trinajstić information content (AvgIpc) is 2.83. The number of methoxy groups -OCH3 is 1. The van der Waals surface area contributed by atoms with E-state index in [0.717, 1.165) is 52.0 Å². The smallest absolute Gasteiger partial charge is 0.159 e. The Morgan fingerprint density at radius 2 is 1.84 bits per heavy atom. The van der Waals surface area contributed by atoms with E-state index in [1.807, 2.05) is 36.4 Å². The van der Waals surface area contributed by atoms with Crippen LogP contribution in [0.3, 0.4) is 0 Å². The van der Waals surface area contributed by atoms with Crippen molar-refractivity contribution < 1.29 is 9.84 Å². The number of nitrogens with one attached hydrogen (secondary N) is 1. The highest BCUT2D eigenvalue weighted by Gasteiger charge is 2.06. The Balaban J connectivity index is 1.24. The molecule has 0 aliphatic carbocycles. The van der Waals surface area contributed by atoms with Crippen molar-refractivity contribution in [3.05, 3.63) is 90.3 Å². The number of pyridine rings is 2. The molecule has 0 saturated carbocycles. The summed E-state index contributed by atoms with van der Waals surface area (Å²) in [7, 11) is 1.68. The molecular weight excluding hydrogens is 386 g/mol. The summed E-state index contributed by atoms with van der Waals surface area (Å²) in [5.74, 6) is 0.849. The second-order valence-corrected chi connectivity index (χ2v) is 7.57. The summed E-state index contributed by atoms with van der Waals surface area (Å²) in [5, 5.41) is 14.5. The molecule has 0 spiro atoms. The average molecular weight is 414 g/mol. The van der Waals surface area contributed by atoms with Gasteiger partial charge in [0.05, 0.1) is 7.11 Å². The van der Waals surface area contributed by atoms with E-state index >= 15 is 0 Å². The van der Waals surface area contributed by atoms with Gasteiger partial charge < -0.3 is 9.84 Å². The van der Waals surface area contributed by atoms with E-state index in [1.54, 1.807) is 13.3 Å². The normalized spacial score (nSPS) is 12.1. The zero-order chi connectivity index (χ0) is 21.5. The second-order valence-electron chi connectivity index (χ2n) is 7.57. The molecule has 158 valence electrons. The largest absolute Gasteiger partial charge is 0.497 e. The van der Waals surface area contributed by atoms with Crippen molar-refractivity contribution in [3.63, 3.8) is 0 Å². The third-order valence-corrected chi connectivity index (χ3v) is 5.33. The summed E-state index contributed by atoms with van der Waals surface area (Å²) in [5.41, 5.74) is 5.17. The number of ether oxygens (including phenoxy) is 1. The van der Waals surface area contributed by atoms with Crippen molar-refractivity contribution in [2.24, 2.45) is 0 Å². The molecule has 2 heterocycles. The molecule has 0 aliphatic heterocycles. The highest BCUT2D eigenvalue weighted by Crippen LogP contribution is 2.24. The zero-order valence-electron chi connectivity index (χ0n) is 17.7. The monoisotopic (exact) mass is 413 g/mol. The van der Waals surface area contributed by atoms with Gasteiger partial charge in [-0.15, -0.1) is 0 Å². The lowest BCUT2D eigenvalue weighted by atomic mass is 10.0. The molecule has 0 aliphatic rings. The minimum Gasteiger partial charge on any atom is -0.497 e. The lowest BCUT2D eigenvalue weighted by molar-refractivity contribution is 0.123. The lowest BCUT2D eigenvalue weighted by Crippen LogP contribution is -2.28. The van der Waals surface area contributed by atoms with E-state index in [9.17, 15) is 5.11 Å². The molecule has 0 bridgehead atoms. The predicted molar refractivity (Wildman–Crippen MR) is 124 cm³/mol. The first-order chi connectivity index (χ1) is 15.2. The summed E-state index contributed by atoms with van der Waals surface area (Å²) in [6, 6.07) is 24.4. The Morgan fingerprint density at radius 1 is 0.968 bits per heavy atom. The zero-order valence-corrected chi connectivity index (χ0v) is 17.7. The quantitative estimate of drug-likeness (QED) is 0.388. The van der Waals surface area contributed by atoms with Gasteiger partial charge in [0.15, 0.2) is 5.65 Å². The first-order valence-electron chi connectivity index (χ1n) is 10.6. The van der Waals surface area contributed by atoms with E-state index < -0.39 is 6.23 Å². The summed E-state index contributed by atoms with van der Waals surface area (Å²) in [4.78, 5) is 8.89. The molecular formula is C26H27N3O2. The maximum Gasteiger partial charge on any atom is 0.159 e. The molecule has 4 aromatic rings. The minimum absolute atomic E-state index is 0.545. The van der Waals surface area contributed by atoms with Crippen LogP contribution in [0.25, 0.3) is 22.2 Å². The number of aliphatic hydroxyl groups excluding tert-OH is 1. The summed E-state index contributed by atoms with van der Waals surface area (Å²) in [6.45, 7) is 0.623. The van der Waals surface area contributed by atoms with Crippen LogP contribution in [0.2, 0.25) is 0 Å². The van der Waals surface area contributed by atoms with Crippen molar-refractivity contribution in [2.75, 3.05) is 7.11 Å². The number of nitrogens with zero attached hydrogens (tertiary/aromatic N) is 2. The number of hydrogen-bond donors (Lipinski definition) is 2. The molecule has 2 aromatic heterocycles. The van der Waals surface area contributed by atoms with Gasteiger partial charge in [0.1, 0.15) is 12.0 Å². The van der Waals surface area contributed by atoms with Crippen molar-refractivity contribution in [1.29, 1.82) is 0 Å². The number of aryl methyl sites for hydroxylation is 1. The molecule has 0 saturated heterocycles. The van der Waals surface area contributed by atoms with Crippen molar-refractivity contribution >= 4 is 11.0 Å². The highest BCUT2D eigenvalue weighted by atomic mass is 16.5. The summed E-state index contributed by atoms with van der Waals surface area (Å²) in [6.07, 6.45) is 3.56. The first-order valence-corrected chi connectivity index (χ1v) is 10.6. The van der Waals surface area contributed by atoms with Crippen LogP contribution in [0, 0.1) is 0 Å². The topological polar surface area (TPSA) is 67.3 Å². The predicted octanol–water partition coefficient (Wildman–Crippen LogP) is 4.74. The fourth-order valence-electron chi connectivity index (χ4n) is 3.56. The van der Waals surface area contributed by atoms with E-state index in [4.69, 9.17) is 4.74 Å². The van der Waals surface area contributed by atoms with Crippen LogP contribution in [0.1, 0.15) is 24.1 Å². The number of hydrogen-bond acceptors (Lipinski definition) is 5. The van der Waals surface area contributed by atoms with E-state index in [0.29, 0.717) is 13.0 Å². The Labute approximate surface area is 182 Å². The van der Waals surface area contributed by atoms with Gasteiger partial charge in [-0.1, -0.05) is 36.4 Å². The molecule has 1 atom stereocenters. The summed E-state index contributed by atoms with van der Waals surface area (Å²) >= 11 is 0. The van der Waals surface area contributed by atoms with Crippen LogP contribution < -0.4 is 10.1 Å². The van der Waals surface area contributed by atoms with Crippen LogP contribution in [0.5, 0.6) is 5.75 Å². The third-order valence-electron chi connectivity index (χ3n) is 5.33. The summed E-state index contributed by atoms with van der Waals surface area (Å²) < 4.78 is 5.30. The molecule has 5 heteroatoms. The van der Waals surface area contributed by atoms with Gasteiger partial charge in [-0.2, -0.15) is 0 Å². The van der Waals surface area contributed by atoms with E-state index in [-0.39, 0.29) is 0 Å². The van der Waals surface area contributed by atoms with Gasteiger partial charge in [0.25, 0.3) is 0 Å². The minimum atomic E-state index is -0.545.